The van der Waals surface area contributed by atoms with E-state index in [0.29, 0.717) is 11.8 Å². The predicted molar refractivity (Wildman–Crippen MR) is 42.8 cm³/mol. The molecule has 0 radical (unpaired) electrons. The van der Waals surface area contributed by atoms with Crippen LogP contribution in [0, 0.1) is 27.9 Å². The first kappa shape index (κ1) is 8.24. The van der Waals surface area contributed by atoms with Gasteiger partial charge in [0.2, 0.25) is 6.54 Å². The Morgan fingerprint density at radius 1 is 1.82 bits per heavy atom. The Morgan fingerprint density at radius 2 is 2.45 bits per heavy atom. The van der Waals surface area contributed by atoms with Crippen molar-refractivity contribution in [1.29, 1.82) is 0 Å². The number of allylic oxidation sites excluding steroid dienone is 1. The average Bonchev–Trinajstić information content (AvgIpc) is 1.96. The van der Waals surface area contributed by atoms with E-state index in [2.05, 4.69) is 13.5 Å². The number of nitrogens with zero attached hydrogens (tertiary/aromatic N) is 1. The van der Waals surface area contributed by atoms with E-state index in [-0.39, 0.29) is 17.4 Å². The van der Waals surface area contributed by atoms with Crippen molar-refractivity contribution in [3.05, 3.63) is 22.8 Å². The third-order valence-corrected chi connectivity index (χ3v) is 2.68. The number of hydrogen-bond acceptors (Lipinski definition) is 2. The van der Waals surface area contributed by atoms with Crippen molar-refractivity contribution in [1.82, 2.24) is 0 Å². The van der Waals surface area contributed by atoms with Gasteiger partial charge in [-0.1, -0.05) is 13.0 Å². The minimum atomic E-state index is -0.222. The summed E-state index contributed by atoms with van der Waals surface area (Å²) in [5.41, 5.74) is 0. The van der Waals surface area contributed by atoms with Crippen LogP contribution in [0.3, 0.4) is 0 Å². The number of hydrogen-bond donors (Lipinski definition) is 0. The van der Waals surface area contributed by atoms with Gasteiger partial charge in [-0.2, -0.15) is 0 Å². The van der Waals surface area contributed by atoms with Gasteiger partial charge in [0, 0.05) is 10.8 Å². The van der Waals surface area contributed by atoms with Crippen molar-refractivity contribution in [2.75, 3.05) is 6.54 Å². The molecule has 1 fully saturated rings. The maximum atomic E-state index is 10.1. The van der Waals surface area contributed by atoms with E-state index in [1.54, 1.807) is 0 Å². The van der Waals surface area contributed by atoms with Crippen LogP contribution in [0.2, 0.25) is 0 Å². The highest BCUT2D eigenvalue weighted by Crippen LogP contribution is 2.40. The molecule has 3 atom stereocenters. The van der Waals surface area contributed by atoms with E-state index in [1.807, 2.05) is 6.08 Å². The Hall–Kier alpha value is -0.860. The van der Waals surface area contributed by atoms with Gasteiger partial charge in [-0.15, -0.1) is 6.58 Å². The van der Waals surface area contributed by atoms with Crippen molar-refractivity contribution >= 4 is 0 Å². The third kappa shape index (κ3) is 1.59. The maximum absolute atomic E-state index is 10.1. The Balaban J connectivity index is 2.32. The molecule has 0 aliphatic heterocycles. The zero-order valence-electron chi connectivity index (χ0n) is 6.69. The van der Waals surface area contributed by atoms with Gasteiger partial charge < -0.3 is 0 Å². The second-order valence-electron chi connectivity index (χ2n) is 3.27. The summed E-state index contributed by atoms with van der Waals surface area (Å²) in [7, 11) is 0. The molecule has 0 aromatic carbocycles. The number of nitro groups is 1. The van der Waals surface area contributed by atoms with Crippen LogP contribution in [0.25, 0.3) is 0 Å². The van der Waals surface area contributed by atoms with Gasteiger partial charge in [0.15, 0.2) is 0 Å². The molecule has 0 N–H and O–H groups in total. The first-order chi connectivity index (χ1) is 5.15. The van der Waals surface area contributed by atoms with Gasteiger partial charge in [0.1, 0.15) is 0 Å². The highest BCUT2D eigenvalue weighted by Gasteiger charge is 2.38. The average molecular weight is 155 g/mol. The van der Waals surface area contributed by atoms with E-state index in [1.165, 1.54) is 0 Å². The van der Waals surface area contributed by atoms with E-state index >= 15 is 0 Å². The van der Waals surface area contributed by atoms with E-state index in [9.17, 15) is 10.1 Å². The largest absolute Gasteiger partial charge is 0.265 e. The molecule has 0 bridgehead atoms. The van der Waals surface area contributed by atoms with Crippen LogP contribution >= 0.6 is 0 Å². The molecule has 0 saturated heterocycles. The van der Waals surface area contributed by atoms with Crippen LogP contribution in [0.1, 0.15) is 13.3 Å². The van der Waals surface area contributed by atoms with Crippen molar-refractivity contribution in [2.45, 2.75) is 13.3 Å². The van der Waals surface area contributed by atoms with Crippen LogP contribution in [0.5, 0.6) is 0 Å². The van der Waals surface area contributed by atoms with E-state index < -0.39 is 0 Å². The van der Waals surface area contributed by atoms with Crippen LogP contribution in [0.4, 0.5) is 0 Å². The lowest BCUT2D eigenvalue weighted by molar-refractivity contribution is -0.494. The summed E-state index contributed by atoms with van der Waals surface area (Å²) < 4.78 is 0. The fourth-order valence-electron chi connectivity index (χ4n) is 1.68. The minimum absolute atomic E-state index is 0.130. The summed E-state index contributed by atoms with van der Waals surface area (Å²) in [6, 6.07) is 0. The lowest BCUT2D eigenvalue weighted by Gasteiger charge is -2.38. The van der Waals surface area contributed by atoms with Crippen molar-refractivity contribution < 1.29 is 4.92 Å². The molecule has 0 amide bonds. The number of rotatable bonds is 3. The summed E-state index contributed by atoms with van der Waals surface area (Å²) >= 11 is 0. The minimum Gasteiger partial charge on any atom is -0.265 e. The van der Waals surface area contributed by atoms with Crippen LogP contribution in [-0.4, -0.2) is 11.5 Å². The maximum Gasteiger partial charge on any atom is 0.206 e. The van der Waals surface area contributed by atoms with Crippen molar-refractivity contribution in [2.24, 2.45) is 17.8 Å². The summed E-state index contributed by atoms with van der Waals surface area (Å²) in [4.78, 5) is 9.90. The molecule has 3 nitrogen and oxygen atoms in total. The smallest absolute Gasteiger partial charge is 0.206 e. The van der Waals surface area contributed by atoms with Gasteiger partial charge in [-0.3, -0.25) is 10.1 Å². The molecule has 0 heterocycles. The molecular formula is C8H13NO2. The standard InChI is InChI=1S/C8H13NO2/c1-3-7-4-8(6(7)2)5-9(10)11/h3,6-8H,1,4-5H2,2H3. The normalized spacial score (nSPS) is 35.9. The summed E-state index contributed by atoms with van der Waals surface area (Å²) in [5, 5.41) is 10.1. The zero-order valence-corrected chi connectivity index (χ0v) is 6.69. The second-order valence-corrected chi connectivity index (χ2v) is 3.27. The molecule has 62 valence electrons. The fraction of sp³-hybridized carbons (Fsp3) is 0.750. The Bertz CT molecular complexity index is 179. The van der Waals surface area contributed by atoms with Crippen molar-refractivity contribution in [3.63, 3.8) is 0 Å². The van der Waals surface area contributed by atoms with Gasteiger partial charge in [-0.05, 0) is 18.3 Å². The van der Waals surface area contributed by atoms with E-state index in [0.717, 1.165) is 6.42 Å². The van der Waals surface area contributed by atoms with Crippen LogP contribution < -0.4 is 0 Å². The molecule has 1 rings (SSSR count). The summed E-state index contributed by atoms with van der Waals surface area (Å²) in [6.07, 6.45) is 2.85. The van der Waals surface area contributed by atoms with Gasteiger partial charge in [-0.25, -0.2) is 0 Å². The summed E-state index contributed by atoms with van der Waals surface area (Å²) in [5.74, 6) is 1.26. The first-order valence-corrected chi connectivity index (χ1v) is 3.89. The lowest BCUT2D eigenvalue weighted by Crippen LogP contribution is -2.37. The Morgan fingerprint density at radius 3 is 2.82 bits per heavy atom. The Kier molecular flexibility index (Phi) is 2.27. The molecule has 1 aliphatic rings. The molecule has 0 spiro atoms. The molecule has 3 heteroatoms. The van der Waals surface area contributed by atoms with Crippen LogP contribution in [-0.2, 0) is 0 Å². The topological polar surface area (TPSA) is 43.1 Å². The predicted octanol–water partition coefficient (Wildman–Crippen LogP) is 1.72. The molecule has 3 unspecified atom stereocenters. The molecule has 1 saturated carbocycles. The fourth-order valence-corrected chi connectivity index (χ4v) is 1.68. The molecule has 0 aromatic rings. The SMILES string of the molecule is C=CC1CC(C[N+](=O)[O-])C1C. The third-order valence-electron chi connectivity index (χ3n) is 2.68. The van der Waals surface area contributed by atoms with Crippen LogP contribution in [0.15, 0.2) is 12.7 Å². The van der Waals surface area contributed by atoms with Crippen molar-refractivity contribution in [3.8, 4) is 0 Å². The zero-order chi connectivity index (χ0) is 8.43. The van der Waals surface area contributed by atoms with Gasteiger partial charge >= 0.3 is 0 Å². The highest BCUT2D eigenvalue weighted by molar-refractivity contribution is 4.95. The molecule has 1 aliphatic carbocycles. The Labute approximate surface area is 66.3 Å². The first-order valence-electron chi connectivity index (χ1n) is 3.89. The quantitative estimate of drug-likeness (QED) is 0.354. The molecular weight excluding hydrogens is 142 g/mol. The second kappa shape index (κ2) is 3.03. The van der Waals surface area contributed by atoms with Gasteiger partial charge in [0.05, 0.1) is 0 Å². The monoisotopic (exact) mass is 155 g/mol. The highest BCUT2D eigenvalue weighted by atomic mass is 16.6. The van der Waals surface area contributed by atoms with E-state index in [4.69, 9.17) is 0 Å². The molecule has 11 heavy (non-hydrogen) atoms. The lowest BCUT2D eigenvalue weighted by atomic mass is 9.66. The summed E-state index contributed by atoms with van der Waals surface area (Å²) in [6.45, 7) is 5.87. The molecule has 0 aromatic heterocycles. The van der Waals surface area contributed by atoms with Gasteiger partial charge in [0.25, 0.3) is 0 Å².